The minimum absolute atomic E-state index is 0.206. The quantitative estimate of drug-likeness (QED) is 0.453. The van der Waals surface area contributed by atoms with E-state index in [1.807, 2.05) is 0 Å². The summed E-state index contributed by atoms with van der Waals surface area (Å²) in [6.45, 7) is 0.668. The Hall–Kier alpha value is -1.10. The first-order valence-corrected chi connectivity index (χ1v) is 6.54. The molecular formula is C13H24O5. The number of rotatable bonds is 11. The first-order valence-electron chi connectivity index (χ1n) is 6.54. The van der Waals surface area contributed by atoms with E-state index in [9.17, 15) is 9.59 Å². The third kappa shape index (κ3) is 11.4. The molecule has 0 heterocycles. The minimum Gasteiger partial charge on any atom is -0.469 e. The number of methoxy groups -OCH3 is 1. The Morgan fingerprint density at radius 3 is 2.11 bits per heavy atom. The zero-order valence-corrected chi connectivity index (χ0v) is 11.2. The fourth-order valence-corrected chi connectivity index (χ4v) is 1.47. The van der Waals surface area contributed by atoms with Gasteiger partial charge in [0.05, 0.1) is 13.7 Å². The summed E-state index contributed by atoms with van der Waals surface area (Å²) in [6, 6.07) is 0. The van der Waals surface area contributed by atoms with Crippen LogP contribution in [0.1, 0.15) is 51.4 Å². The SMILES string of the molecule is COC(=O)CCCCC(=O)OCCCCCCO. The average Bonchev–Trinajstić information content (AvgIpc) is 2.38. The number of hydrogen-bond acceptors (Lipinski definition) is 5. The summed E-state index contributed by atoms with van der Waals surface area (Å²) >= 11 is 0. The van der Waals surface area contributed by atoms with Crippen LogP contribution in [0.3, 0.4) is 0 Å². The van der Waals surface area contributed by atoms with Gasteiger partial charge in [-0.05, 0) is 32.1 Å². The van der Waals surface area contributed by atoms with Gasteiger partial charge >= 0.3 is 11.9 Å². The largest absolute Gasteiger partial charge is 0.469 e. The molecule has 5 heteroatoms. The maximum Gasteiger partial charge on any atom is 0.305 e. The van der Waals surface area contributed by atoms with E-state index in [1.165, 1.54) is 7.11 Å². The number of carbonyl (C=O) groups is 2. The number of aliphatic hydroxyl groups excluding tert-OH is 1. The first kappa shape index (κ1) is 16.9. The predicted octanol–water partition coefficient (Wildman–Crippen LogP) is 1.82. The molecule has 0 aromatic carbocycles. The van der Waals surface area contributed by atoms with E-state index >= 15 is 0 Å². The van der Waals surface area contributed by atoms with Gasteiger partial charge in [-0.25, -0.2) is 0 Å². The van der Waals surface area contributed by atoms with Crippen molar-refractivity contribution >= 4 is 11.9 Å². The Balaban J connectivity index is 3.25. The van der Waals surface area contributed by atoms with Crippen LogP contribution in [0.25, 0.3) is 0 Å². The molecule has 0 aliphatic rings. The van der Waals surface area contributed by atoms with E-state index < -0.39 is 0 Å². The highest BCUT2D eigenvalue weighted by Crippen LogP contribution is 2.04. The Kier molecular flexibility index (Phi) is 11.6. The molecule has 5 nitrogen and oxygen atoms in total. The Bertz CT molecular complexity index is 227. The number of esters is 2. The molecule has 0 aromatic rings. The maximum atomic E-state index is 11.3. The van der Waals surface area contributed by atoms with E-state index in [0.29, 0.717) is 32.3 Å². The summed E-state index contributed by atoms with van der Waals surface area (Å²) in [5.41, 5.74) is 0. The highest BCUT2D eigenvalue weighted by Gasteiger charge is 2.04. The second kappa shape index (κ2) is 12.4. The van der Waals surface area contributed by atoms with Crippen molar-refractivity contribution in [3.05, 3.63) is 0 Å². The molecule has 0 aliphatic carbocycles. The normalized spacial score (nSPS) is 10.1. The average molecular weight is 260 g/mol. The topological polar surface area (TPSA) is 72.8 Å². The third-order valence-electron chi connectivity index (χ3n) is 2.55. The monoisotopic (exact) mass is 260 g/mol. The van der Waals surface area contributed by atoms with Gasteiger partial charge in [0, 0.05) is 19.4 Å². The standard InChI is InChI=1S/C13H24O5/c1-17-12(15)8-4-5-9-13(16)18-11-7-3-2-6-10-14/h14H,2-11H2,1H3. The number of carbonyl (C=O) groups excluding carboxylic acids is 2. The molecule has 1 N–H and O–H groups in total. The molecule has 0 saturated heterocycles. The maximum absolute atomic E-state index is 11.3. The van der Waals surface area contributed by atoms with Crippen LogP contribution in [-0.2, 0) is 19.1 Å². The van der Waals surface area contributed by atoms with Crippen molar-refractivity contribution in [3.8, 4) is 0 Å². The summed E-state index contributed by atoms with van der Waals surface area (Å²) in [6.07, 6.45) is 5.59. The van der Waals surface area contributed by atoms with Crippen molar-refractivity contribution in [2.24, 2.45) is 0 Å². The van der Waals surface area contributed by atoms with Gasteiger partial charge in [0.25, 0.3) is 0 Å². The van der Waals surface area contributed by atoms with Crippen molar-refractivity contribution in [1.29, 1.82) is 0 Å². The summed E-state index contributed by atoms with van der Waals surface area (Å²) in [7, 11) is 1.35. The molecule has 106 valence electrons. The number of aliphatic hydroxyl groups is 1. The van der Waals surface area contributed by atoms with E-state index in [4.69, 9.17) is 9.84 Å². The summed E-state index contributed by atoms with van der Waals surface area (Å²) in [4.78, 5) is 22.1. The Labute approximate surface area is 108 Å². The molecule has 0 radical (unpaired) electrons. The summed E-state index contributed by atoms with van der Waals surface area (Å²) in [5, 5.41) is 8.57. The lowest BCUT2D eigenvalue weighted by Crippen LogP contribution is -2.06. The second-order valence-corrected chi connectivity index (χ2v) is 4.14. The lowest BCUT2D eigenvalue weighted by atomic mass is 10.2. The first-order chi connectivity index (χ1) is 8.70. The van der Waals surface area contributed by atoms with Crippen molar-refractivity contribution in [2.75, 3.05) is 20.3 Å². The van der Waals surface area contributed by atoms with Gasteiger partial charge in [-0.1, -0.05) is 6.42 Å². The molecule has 0 rings (SSSR count). The van der Waals surface area contributed by atoms with Crippen molar-refractivity contribution in [3.63, 3.8) is 0 Å². The Morgan fingerprint density at radius 1 is 0.889 bits per heavy atom. The lowest BCUT2D eigenvalue weighted by molar-refractivity contribution is -0.145. The predicted molar refractivity (Wildman–Crippen MR) is 67.0 cm³/mol. The highest BCUT2D eigenvalue weighted by molar-refractivity contribution is 5.70. The van der Waals surface area contributed by atoms with E-state index in [1.54, 1.807) is 0 Å². The van der Waals surface area contributed by atoms with E-state index in [2.05, 4.69) is 4.74 Å². The van der Waals surface area contributed by atoms with Gasteiger partial charge in [-0.3, -0.25) is 9.59 Å². The molecule has 0 spiro atoms. The molecule has 0 amide bonds. The summed E-state index contributed by atoms with van der Waals surface area (Å²) in [5.74, 6) is -0.450. The minimum atomic E-state index is -0.243. The fourth-order valence-electron chi connectivity index (χ4n) is 1.47. The molecule has 0 aliphatic heterocycles. The molecule has 0 bridgehead atoms. The molecule has 0 saturated carbocycles. The zero-order valence-electron chi connectivity index (χ0n) is 11.2. The third-order valence-corrected chi connectivity index (χ3v) is 2.55. The van der Waals surface area contributed by atoms with Crippen LogP contribution < -0.4 is 0 Å². The van der Waals surface area contributed by atoms with Crippen LogP contribution in [0.2, 0.25) is 0 Å². The van der Waals surface area contributed by atoms with E-state index in [-0.39, 0.29) is 18.5 Å². The number of ether oxygens (including phenoxy) is 2. The Morgan fingerprint density at radius 2 is 1.50 bits per heavy atom. The van der Waals surface area contributed by atoms with Crippen LogP contribution in [-0.4, -0.2) is 37.4 Å². The molecule has 0 fully saturated rings. The van der Waals surface area contributed by atoms with Gasteiger partial charge < -0.3 is 14.6 Å². The molecule has 18 heavy (non-hydrogen) atoms. The van der Waals surface area contributed by atoms with Gasteiger partial charge in [0.2, 0.25) is 0 Å². The van der Waals surface area contributed by atoms with Gasteiger partial charge in [0.15, 0.2) is 0 Å². The van der Waals surface area contributed by atoms with Gasteiger partial charge in [0.1, 0.15) is 0 Å². The van der Waals surface area contributed by atoms with Crippen molar-refractivity contribution in [1.82, 2.24) is 0 Å². The summed E-state index contributed by atoms with van der Waals surface area (Å²) < 4.78 is 9.53. The number of unbranched alkanes of at least 4 members (excludes halogenated alkanes) is 4. The highest BCUT2D eigenvalue weighted by atomic mass is 16.5. The molecular weight excluding hydrogens is 236 g/mol. The molecule has 0 atom stereocenters. The lowest BCUT2D eigenvalue weighted by Gasteiger charge is -2.04. The van der Waals surface area contributed by atoms with Crippen LogP contribution in [0.5, 0.6) is 0 Å². The van der Waals surface area contributed by atoms with Crippen LogP contribution >= 0.6 is 0 Å². The number of hydrogen-bond donors (Lipinski definition) is 1. The van der Waals surface area contributed by atoms with Crippen molar-refractivity contribution in [2.45, 2.75) is 51.4 Å². The van der Waals surface area contributed by atoms with Crippen LogP contribution in [0, 0.1) is 0 Å². The van der Waals surface area contributed by atoms with Crippen LogP contribution in [0.4, 0.5) is 0 Å². The molecule has 0 unspecified atom stereocenters. The molecule has 0 aromatic heterocycles. The zero-order chi connectivity index (χ0) is 13.6. The van der Waals surface area contributed by atoms with Gasteiger partial charge in [-0.15, -0.1) is 0 Å². The fraction of sp³-hybridized carbons (Fsp3) is 0.846. The second-order valence-electron chi connectivity index (χ2n) is 4.14. The smallest absolute Gasteiger partial charge is 0.305 e. The van der Waals surface area contributed by atoms with E-state index in [0.717, 1.165) is 25.7 Å². The van der Waals surface area contributed by atoms with Gasteiger partial charge in [-0.2, -0.15) is 0 Å². The van der Waals surface area contributed by atoms with Crippen LogP contribution in [0.15, 0.2) is 0 Å². The van der Waals surface area contributed by atoms with Crippen molar-refractivity contribution < 1.29 is 24.2 Å².